The van der Waals surface area contributed by atoms with Crippen LogP contribution in [0.4, 0.5) is 0 Å². The Hall–Kier alpha value is -0.710. The maximum absolute atomic E-state index is 11.2. The fraction of sp³-hybridized carbons (Fsp3) is 0.750. The highest BCUT2D eigenvalue weighted by atomic mass is 32.2. The molecular formula is C8H15NO3S. The fourth-order valence-electron chi connectivity index (χ4n) is 0.777. The molecule has 0 saturated carbocycles. The lowest BCUT2D eigenvalue weighted by atomic mass is 10.4. The van der Waals surface area contributed by atoms with Gasteiger partial charge in [0.15, 0.2) is 0 Å². The molecule has 0 aromatic heterocycles. The number of aliphatic carboxylic acids is 1. The summed E-state index contributed by atoms with van der Waals surface area (Å²) in [6.07, 6.45) is 0. The Labute approximate surface area is 82.1 Å². The van der Waals surface area contributed by atoms with Gasteiger partial charge < -0.3 is 10.4 Å². The number of thioether (sulfide) groups is 1. The smallest absolute Gasteiger partial charge is 0.322 e. The molecule has 0 fully saturated rings. The van der Waals surface area contributed by atoms with Crippen molar-refractivity contribution in [1.82, 2.24) is 5.32 Å². The van der Waals surface area contributed by atoms with E-state index in [0.717, 1.165) is 0 Å². The van der Waals surface area contributed by atoms with Gasteiger partial charge in [-0.2, -0.15) is 0 Å². The highest BCUT2D eigenvalue weighted by molar-refractivity contribution is 8.01. The van der Waals surface area contributed by atoms with Gasteiger partial charge in [0, 0.05) is 0 Å². The van der Waals surface area contributed by atoms with Crippen molar-refractivity contribution in [2.75, 3.05) is 6.54 Å². The molecule has 0 aromatic carbocycles. The number of carboxylic acid groups (broad SMARTS) is 1. The average molecular weight is 205 g/mol. The van der Waals surface area contributed by atoms with Crippen LogP contribution < -0.4 is 5.32 Å². The number of hydrogen-bond donors (Lipinski definition) is 2. The maximum atomic E-state index is 11.2. The summed E-state index contributed by atoms with van der Waals surface area (Å²) in [5, 5.41) is 10.8. The van der Waals surface area contributed by atoms with Crippen LogP contribution in [0.25, 0.3) is 0 Å². The summed E-state index contributed by atoms with van der Waals surface area (Å²) in [6, 6.07) is 0. The summed E-state index contributed by atoms with van der Waals surface area (Å²) in [7, 11) is 0. The third kappa shape index (κ3) is 6.45. The van der Waals surface area contributed by atoms with Crippen molar-refractivity contribution in [3.8, 4) is 0 Å². The Bertz CT molecular complexity index is 194. The third-order valence-corrected chi connectivity index (χ3v) is 2.43. The Morgan fingerprint density at radius 1 is 1.38 bits per heavy atom. The molecule has 0 aliphatic heterocycles. The predicted octanol–water partition coefficient (Wildman–Crippen LogP) is 0.717. The average Bonchev–Trinajstić information content (AvgIpc) is 1.98. The van der Waals surface area contributed by atoms with Crippen LogP contribution in [0.2, 0.25) is 0 Å². The number of carbonyl (C=O) groups is 2. The van der Waals surface area contributed by atoms with Gasteiger partial charge in [0.2, 0.25) is 5.91 Å². The van der Waals surface area contributed by atoms with E-state index in [1.165, 1.54) is 11.8 Å². The van der Waals surface area contributed by atoms with E-state index in [1.807, 2.05) is 13.8 Å². The summed E-state index contributed by atoms with van der Waals surface area (Å²) in [5.41, 5.74) is 0. The van der Waals surface area contributed by atoms with Crippen molar-refractivity contribution in [3.63, 3.8) is 0 Å². The standard InChI is InChI=1S/C8H15NO3S/c1-5(2)13-6(3)8(12)9-4-7(10)11/h5-6H,4H2,1-3H3,(H,9,12)(H,10,11). The van der Waals surface area contributed by atoms with E-state index in [0.29, 0.717) is 5.25 Å². The van der Waals surface area contributed by atoms with E-state index >= 15 is 0 Å². The summed E-state index contributed by atoms with van der Waals surface area (Å²) in [5.74, 6) is -1.24. The molecule has 4 nitrogen and oxygen atoms in total. The van der Waals surface area contributed by atoms with Gasteiger partial charge in [0.25, 0.3) is 0 Å². The van der Waals surface area contributed by atoms with E-state index in [2.05, 4.69) is 5.32 Å². The minimum absolute atomic E-state index is 0.195. The molecule has 0 saturated heterocycles. The van der Waals surface area contributed by atoms with Crippen LogP contribution >= 0.6 is 11.8 Å². The normalized spacial score (nSPS) is 12.6. The van der Waals surface area contributed by atoms with Gasteiger partial charge in [0.05, 0.1) is 5.25 Å². The number of nitrogens with one attached hydrogen (secondary N) is 1. The molecule has 2 N–H and O–H groups in total. The summed E-state index contributed by atoms with van der Waals surface area (Å²) < 4.78 is 0. The molecule has 0 aliphatic rings. The molecule has 13 heavy (non-hydrogen) atoms. The van der Waals surface area contributed by atoms with Crippen LogP contribution in [0.1, 0.15) is 20.8 Å². The van der Waals surface area contributed by atoms with E-state index in [1.54, 1.807) is 6.92 Å². The second-order valence-corrected chi connectivity index (χ2v) is 4.86. The monoisotopic (exact) mass is 205 g/mol. The SMILES string of the molecule is CC(C)SC(C)C(=O)NCC(=O)O. The molecule has 1 atom stereocenters. The second-order valence-electron chi connectivity index (χ2n) is 2.94. The van der Waals surface area contributed by atoms with Crippen LogP contribution in [0, 0.1) is 0 Å². The van der Waals surface area contributed by atoms with Crippen molar-refractivity contribution < 1.29 is 14.7 Å². The molecule has 1 amide bonds. The van der Waals surface area contributed by atoms with Crippen LogP contribution in [-0.4, -0.2) is 34.0 Å². The number of carboxylic acids is 1. The highest BCUT2D eigenvalue weighted by Gasteiger charge is 2.14. The van der Waals surface area contributed by atoms with Crippen molar-refractivity contribution in [1.29, 1.82) is 0 Å². The summed E-state index contributed by atoms with van der Waals surface area (Å²) >= 11 is 1.51. The number of amides is 1. The zero-order chi connectivity index (χ0) is 10.4. The van der Waals surface area contributed by atoms with Gasteiger partial charge in [-0.25, -0.2) is 0 Å². The fourth-order valence-corrected chi connectivity index (χ4v) is 1.80. The molecule has 0 rings (SSSR count). The minimum Gasteiger partial charge on any atom is -0.480 e. The van der Waals surface area contributed by atoms with Gasteiger partial charge in [0.1, 0.15) is 6.54 Å². The van der Waals surface area contributed by atoms with Gasteiger partial charge >= 0.3 is 5.97 Å². The van der Waals surface area contributed by atoms with Gasteiger partial charge in [-0.05, 0) is 12.2 Å². The van der Waals surface area contributed by atoms with Crippen molar-refractivity contribution in [2.45, 2.75) is 31.3 Å². The van der Waals surface area contributed by atoms with Crippen molar-refractivity contribution in [2.24, 2.45) is 0 Å². The van der Waals surface area contributed by atoms with Crippen LogP contribution in [0.3, 0.4) is 0 Å². The maximum Gasteiger partial charge on any atom is 0.322 e. The quantitative estimate of drug-likeness (QED) is 0.694. The lowest BCUT2D eigenvalue weighted by Gasteiger charge is -2.12. The number of carbonyl (C=O) groups excluding carboxylic acids is 1. The highest BCUT2D eigenvalue weighted by Crippen LogP contribution is 2.16. The molecule has 0 aromatic rings. The summed E-state index contributed by atoms with van der Waals surface area (Å²) in [6.45, 7) is 5.45. The third-order valence-electron chi connectivity index (χ3n) is 1.26. The second kappa shape index (κ2) is 5.85. The molecule has 76 valence electrons. The minimum atomic E-state index is -1.02. The molecule has 0 heterocycles. The van der Waals surface area contributed by atoms with Crippen LogP contribution in [0.5, 0.6) is 0 Å². The zero-order valence-corrected chi connectivity index (χ0v) is 8.85. The van der Waals surface area contributed by atoms with Crippen molar-refractivity contribution in [3.05, 3.63) is 0 Å². The molecule has 0 bridgehead atoms. The first-order valence-corrected chi connectivity index (χ1v) is 5.02. The first kappa shape index (κ1) is 12.3. The van der Waals surface area contributed by atoms with E-state index in [-0.39, 0.29) is 17.7 Å². The van der Waals surface area contributed by atoms with Crippen LogP contribution in [-0.2, 0) is 9.59 Å². The first-order chi connectivity index (χ1) is 5.93. The Morgan fingerprint density at radius 2 is 1.92 bits per heavy atom. The molecule has 0 spiro atoms. The van der Waals surface area contributed by atoms with Crippen LogP contribution in [0.15, 0.2) is 0 Å². The first-order valence-electron chi connectivity index (χ1n) is 4.08. The Morgan fingerprint density at radius 3 is 2.31 bits per heavy atom. The lowest BCUT2D eigenvalue weighted by molar-refractivity contribution is -0.137. The molecule has 0 aliphatic carbocycles. The van der Waals surface area contributed by atoms with E-state index < -0.39 is 5.97 Å². The molecule has 0 radical (unpaired) electrons. The molecule has 1 unspecified atom stereocenters. The Kier molecular flexibility index (Phi) is 5.53. The van der Waals surface area contributed by atoms with Gasteiger partial charge in [-0.1, -0.05) is 13.8 Å². The van der Waals surface area contributed by atoms with Crippen molar-refractivity contribution >= 4 is 23.6 Å². The zero-order valence-electron chi connectivity index (χ0n) is 8.03. The predicted molar refractivity (Wildman–Crippen MR) is 52.8 cm³/mol. The van der Waals surface area contributed by atoms with E-state index in [9.17, 15) is 9.59 Å². The Balaban J connectivity index is 3.76. The topological polar surface area (TPSA) is 66.4 Å². The van der Waals surface area contributed by atoms with Gasteiger partial charge in [-0.15, -0.1) is 11.8 Å². The number of rotatable bonds is 5. The van der Waals surface area contributed by atoms with Gasteiger partial charge in [-0.3, -0.25) is 9.59 Å². The van der Waals surface area contributed by atoms with E-state index in [4.69, 9.17) is 5.11 Å². The molecule has 5 heteroatoms. The lowest BCUT2D eigenvalue weighted by Crippen LogP contribution is -2.35. The summed E-state index contributed by atoms with van der Waals surface area (Å²) in [4.78, 5) is 21.3. The number of hydrogen-bond acceptors (Lipinski definition) is 3. The molecular weight excluding hydrogens is 190 g/mol. The largest absolute Gasteiger partial charge is 0.480 e.